The van der Waals surface area contributed by atoms with Crippen LogP contribution in [0.3, 0.4) is 0 Å². The highest BCUT2D eigenvalue weighted by atomic mass is 32.2. The van der Waals surface area contributed by atoms with Crippen molar-refractivity contribution in [2.75, 3.05) is 5.32 Å². The number of amidine groups is 1. The zero-order valence-electron chi connectivity index (χ0n) is 13.4. The lowest BCUT2D eigenvalue weighted by Gasteiger charge is -2.07. The molecule has 7 nitrogen and oxygen atoms in total. The molecule has 1 fully saturated rings. The minimum atomic E-state index is -0.595. The molecule has 1 aromatic heterocycles. The van der Waals surface area contributed by atoms with Gasteiger partial charge in [-0.1, -0.05) is 17.8 Å². The molecule has 0 bridgehead atoms. The molecule has 1 saturated heterocycles. The lowest BCUT2D eigenvalue weighted by Crippen LogP contribution is -2.28. The molecule has 2 aromatic rings. The van der Waals surface area contributed by atoms with Crippen molar-refractivity contribution >= 4 is 40.6 Å². The summed E-state index contributed by atoms with van der Waals surface area (Å²) in [5.41, 5.74) is 1.25. The van der Waals surface area contributed by atoms with Crippen LogP contribution in [0.4, 0.5) is 10.1 Å². The Morgan fingerprint density at radius 2 is 2.15 bits per heavy atom. The number of anilines is 1. The summed E-state index contributed by atoms with van der Waals surface area (Å²) in [6.45, 7) is 0. The van der Waals surface area contributed by atoms with E-state index in [-0.39, 0.29) is 24.1 Å². The van der Waals surface area contributed by atoms with Gasteiger partial charge in [0, 0.05) is 30.1 Å². The van der Waals surface area contributed by atoms with Gasteiger partial charge in [-0.25, -0.2) is 4.39 Å². The highest BCUT2D eigenvalue weighted by Crippen LogP contribution is 2.23. The zero-order chi connectivity index (χ0) is 18.4. The molecule has 1 aliphatic heterocycles. The number of hydrogen-bond acceptors (Lipinski definition) is 6. The fourth-order valence-corrected chi connectivity index (χ4v) is 3.02. The van der Waals surface area contributed by atoms with E-state index in [1.807, 2.05) is 6.07 Å². The third-order valence-corrected chi connectivity index (χ3v) is 4.39. The molecule has 9 heteroatoms. The molecule has 1 atom stereocenters. The van der Waals surface area contributed by atoms with E-state index in [2.05, 4.69) is 25.8 Å². The summed E-state index contributed by atoms with van der Waals surface area (Å²) in [5.74, 6) is -1.04. The van der Waals surface area contributed by atoms with Crippen LogP contribution in [0, 0.1) is 5.82 Å². The third-order valence-electron chi connectivity index (χ3n) is 3.32. The minimum Gasteiger partial charge on any atom is -0.326 e. The minimum absolute atomic E-state index is 0.0286. The van der Waals surface area contributed by atoms with Gasteiger partial charge in [-0.3, -0.25) is 14.6 Å². The van der Waals surface area contributed by atoms with Crippen molar-refractivity contribution in [1.82, 2.24) is 10.3 Å². The van der Waals surface area contributed by atoms with Crippen molar-refractivity contribution in [2.45, 2.75) is 11.7 Å². The molecule has 2 N–H and O–H groups in total. The van der Waals surface area contributed by atoms with Gasteiger partial charge in [0.15, 0.2) is 5.17 Å². The SMILES string of the molecule is O=C(C[C@H]1S/C(=N\N=C/c2cccnc2)NC1=O)Nc1ccc(F)cc1. The van der Waals surface area contributed by atoms with Crippen molar-refractivity contribution in [2.24, 2.45) is 10.2 Å². The average molecular weight is 371 g/mol. The summed E-state index contributed by atoms with van der Waals surface area (Å²) >= 11 is 1.13. The highest BCUT2D eigenvalue weighted by Gasteiger charge is 2.32. The molecule has 3 rings (SSSR count). The van der Waals surface area contributed by atoms with Crippen molar-refractivity contribution in [1.29, 1.82) is 0 Å². The monoisotopic (exact) mass is 371 g/mol. The zero-order valence-corrected chi connectivity index (χ0v) is 14.2. The molecule has 0 spiro atoms. The number of pyridine rings is 1. The summed E-state index contributed by atoms with van der Waals surface area (Å²) in [6.07, 6.45) is 4.77. The molecule has 26 heavy (non-hydrogen) atoms. The lowest BCUT2D eigenvalue weighted by atomic mass is 10.2. The number of halogens is 1. The first kappa shape index (κ1) is 17.7. The van der Waals surface area contributed by atoms with E-state index in [9.17, 15) is 14.0 Å². The van der Waals surface area contributed by atoms with Crippen LogP contribution in [0.2, 0.25) is 0 Å². The quantitative estimate of drug-likeness (QED) is 0.622. The number of thioether (sulfide) groups is 1. The number of nitrogens with zero attached hydrogens (tertiary/aromatic N) is 3. The van der Waals surface area contributed by atoms with Crippen molar-refractivity contribution in [3.05, 3.63) is 60.2 Å². The number of amides is 2. The lowest BCUT2D eigenvalue weighted by molar-refractivity contribution is -0.122. The molecule has 1 aromatic carbocycles. The number of rotatable bonds is 5. The predicted octanol–water partition coefficient (Wildman–Crippen LogP) is 2.17. The van der Waals surface area contributed by atoms with Crippen LogP contribution in [0.25, 0.3) is 0 Å². The predicted molar refractivity (Wildman–Crippen MR) is 98.4 cm³/mol. The van der Waals surface area contributed by atoms with E-state index < -0.39 is 5.25 Å². The van der Waals surface area contributed by atoms with Crippen LogP contribution in [-0.4, -0.2) is 33.4 Å². The summed E-state index contributed by atoms with van der Waals surface area (Å²) < 4.78 is 12.9. The van der Waals surface area contributed by atoms with Crippen LogP contribution in [-0.2, 0) is 9.59 Å². The van der Waals surface area contributed by atoms with Gasteiger partial charge in [-0.05, 0) is 30.3 Å². The molecule has 2 heterocycles. The fourth-order valence-electron chi connectivity index (χ4n) is 2.10. The topological polar surface area (TPSA) is 95.8 Å². The van der Waals surface area contributed by atoms with Crippen LogP contribution in [0.15, 0.2) is 59.0 Å². The van der Waals surface area contributed by atoms with Gasteiger partial charge in [0.1, 0.15) is 11.1 Å². The molecule has 1 aliphatic rings. The smallest absolute Gasteiger partial charge is 0.240 e. The van der Waals surface area contributed by atoms with Crippen LogP contribution < -0.4 is 10.6 Å². The summed E-state index contributed by atoms with van der Waals surface area (Å²) in [4.78, 5) is 27.9. The number of carbonyl (C=O) groups excluding carboxylic acids is 2. The maximum atomic E-state index is 12.9. The van der Waals surface area contributed by atoms with Gasteiger partial charge in [-0.2, -0.15) is 5.10 Å². The Morgan fingerprint density at radius 1 is 1.35 bits per heavy atom. The normalized spacial score (nSPS) is 18.3. The fraction of sp³-hybridized carbons (Fsp3) is 0.118. The van der Waals surface area contributed by atoms with Gasteiger partial charge in [0.25, 0.3) is 0 Å². The number of aromatic nitrogens is 1. The second-order valence-corrected chi connectivity index (χ2v) is 6.48. The van der Waals surface area contributed by atoms with Crippen LogP contribution in [0.5, 0.6) is 0 Å². The summed E-state index contributed by atoms with van der Waals surface area (Å²) in [7, 11) is 0. The van der Waals surface area contributed by atoms with Gasteiger partial charge in [0.05, 0.1) is 6.21 Å². The molecule has 0 saturated carbocycles. The third kappa shape index (κ3) is 4.96. The Bertz CT molecular complexity index is 855. The Balaban J connectivity index is 1.54. The molecule has 0 aliphatic carbocycles. The van der Waals surface area contributed by atoms with E-state index in [0.717, 1.165) is 17.3 Å². The number of carbonyl (C=O) groups is 2. The van der Waals surface area contributed by atoms with Crippen molar-refractivity contribution < 1.29 is 14.0 Å². The van der Waals surface area contributed by atoms with Crippen LogP contribution >= 0.6 is 11.8 Å². The Kier molecular flexibility index (Phi) is 5.69. The second-order valence-electron chi connectivity index (χ2n) is 5.29. The van der Waals surface area contributed by atoms with Crippen molar-refractivity contribution in [3.8, 4) is 0 Å². The van der Waals surface area contributed by atoms with E-state index in [1.165, 1.54) is 30.5 Å². The second kappa shape index (κ2) is 8.34. The first-order chi connectivity index (χ1) is 12.6. The molecule has 2 amide bonds. The van der Waals surface area contributed by atoms with Gasteiger partial charge >= 0.3 is 0 Å². The Labute approximate surface area is 152 Å². The maximum absolute atomic E-state index is 12.9. The first-order valence-electron chi connectivity index (χ1n) is 7.64. The molecule has 132 valence electrons. The van der Waals surface area contributed by atoms with Gasteiger partial charge in [0.2, 0.25) is 11.8 Å². The molecule has 0 radical (unpaired) electrons. The highest BCUT2D eigenvalue weighted by molar-refractivity contribution is 8.15. The molecular formula is C17H14FN5O2S. The Morgan fingerprint density at radius 3 is 2.88 bits per heavy atom. The number of benzene rings is 1. The number of hydrogen-bond donors (Lipinski definition) is 2. The van der Waals surface area contributed by atoms with Crippen molar-refractivity contribution in [3.63, 3.8) is 0 Å². The summed E-state index contributed by atoms with van der Waals surface area (Å²) in [6, 6.07) is 9.00. The van der Waals surface area contributed by atoms with Crippen LogP contribution in [0.1, 0.15) is 12.0 Å². The summed E-state index contributed by atoms with van der Waals surface area (Å²) in [5, 5.41) is 12.8. The Hall–Kier alpha value is -3.07. The van der Waals surface area contributed by atoms with E-state index in [4.69, 9.17) is 0 Å². The molecule has 0 unspecified atom stereocenters. The standard InChI is InChI=1S/C17H14FN5O2S/c18-12-3-5-13(6-4-12)21-15(24)8-14-16(25)22-17(26-14)23-20-10-11-2-1-7-19-9-11/h1-7,9-10,14H,8H2,(H,21,24)(H,22,23,25)/b20-10-/t14-/m1/s1. The molecular weight excluding hydrogens is 357 g/mol. The first-order valence-corrected chi connectivity index (χ1v) is 8.52. The van der Waals surface area contributed by atoms with E-state index in [1.54, 1.807) is 18.5 Å². The maximum Gasteiger partial charge on any atom is 0.240 e. The van der Waals surface area contributed by atoms with E-state index in [0.29, 0.717) is 10.9 Å². The largest absolute Gasteiger partial charge is 0.326 e. The van der Waals surface area contributed by atoms with E-state index >= 15 is 0 Å². The average Bonchev–Trinajstić information content (AvgIpc) is 2.97. The number of nitrogens with one attached hydrogen (secondary N) is 2. The van der Waals surface area contributed by atoms with Gasteiger partial charge in [-0.15, -0.1) is 5.10 Å². The van der Waals surface area contributed by atoms with Gasteiger partial charge < -0.3 is 10.6 Å².